The summed E-state index contributed by atoms with van der Waals surface area (Å²) in [6.45, 7) is 0. The number of aromatic nitrogens is 1. The van der Waals surface area contributed by atoms with E-state index in [1.807, 2.05) is 0 Å². The first kappa shape index (κ1) is 16.7. The van der Waals surface area contributed by atoms with Crippen LogP contribution in [0, 0.1) is 0 Å². The molecule has 114 valence electrons. The Hall–Kier alpha value is -1.32. The Morgan fingerprint density at radius 2 is 1.70 bits per heavy atom. The predicted octanol–water partition coefficient (Wildman–Crippen LogP) is 4.68. The van der Waals surface area contributed by atoms with Crippen LogP contribution < -0.4 is 4.74 Å². The second-order valence-corrected chi connectivity index (χ2v) is 3.62. The van der Waals surface area contributed by atoms with Crippen molar-refractivity contribution in [3.8, 4) is 5.75 Å². The van der Waals surface area contributed by atoms with Gasteiger partial charge in [-0.1, -0.05) is 0 Å². The molecular weight excluding hydrogens is 326 g/mol. The molecule has 0 saturated carbocycles. The Morgan fingerprint density at radius 1 is 1.15 bits per heavy atom. The summed E-state index contributed by atoms with van der Waals surface area (Å²) in [6, 6.07) is -0.128. The van der Waals surface area contributed by atoms with Crippen LogP contribution in [-0.2, 0) is 12.1 Å². The molecule has 0 aliphatic heterocycles. The highest BCUT2D eigenvalue weighted by atomic mass is 35.5. The van der Waals surface area contributed by atoms with E-state index in [9.17, 15) is 35.1 Å². The van der Waals surface area contributed by atoms with Crippen molar-refractivity contribution in [1.29, 1.82) is 0 Å². The van der Waals surface area contributed by atoms with E-state index >= 15 is 0 Å². The van der Waals surface area contributed by atoms with E-state index in [0.717, 1.165) is 0 Å². The van der Waals surface area contributed by atoms with Gasteiger partial charge in [0.05, 0.1) is 5.88 Å². The molecule has 11 heteroatoms. The van der Waals surface area contributed by atoms with Crippen molar-refractivity contribution in [2.24, 2.45) is 0 Å². The molecule has 0 saturated heterocycles. The Morgan fingerprint density at radius 3 is 2.05 bits per heavy atom. The van der Waals surface area contributed by atoms with Crippen LogP contribution in [0.2, 0.25) is 0 Å². The smallest absolute Gasteiger partial charge is 0.405 e. The minimum Gasteiger partial charge on any atom is -0.405 e. The highest BCUT2D eigenvalue weighted by molar-refractivity contribution is 6.17. The van der Waals surface area contributed by atoms with Gasteiger partial charge in [0.15, 0.2) is 0 Å². The molecule has 0 unspecified atom stereocenters. The van der Waals surface area contributed by atoms with Gasteiger partial charge in [0, 0.05) is 11.6 Å². The van der Waals surface area contributed by atoms with Crippen molar-refractivity contribution < 1.29 is 39.9 Å². The molecule has 0 atom stereocenters. The van der Waals surface area contributed by atoms with E-state index in [1.54, 1.807) is 0 Å². The maximum atomic E-state index is 12.6. The Labute approximate surface area is 111 Å². The quantitative estimate of drug-likeness (QED) is 0.593. The summed E-state index contributed by atoms with van der Waals surface area (Å²) in [5.41, 5.74) is -4.39. The second kappa shape index (κ2) is 5.58. The van der Waals surface area contributed by atoms with Gasteiger partial charge in [-0.15, -0.1) is 24.8 Å². The molecule has 0 radical (unpaired) electrons. The number of nitrogens with zero attached hydrogens (tertiary/aromatic N) is 1. The predicted molar refractivity (Wildman–Crippen MR) is 50.4 cm³/mol. The summed E-state index contributed by atoms with van der Waals surface area (Å²) in [5, 5.41) is 0. The molecule has 0 N–H and O–H groups in total. The third kappa shape index (κ3) is 4.09. The zero-order valence-electron chi connectivity index (χ0n) is 9.12. The molecule has 1 rings (SSSR count). The number of hydrogen-bond donors (Lipinski definition) is 0. The van der Waals surface area contributed by atoms with Gasteiger partial charge in [0.1, 0.15) is 17.1 Å². The van der Waals surface area contributed by atoms with Gasteiger partial charge in [-0.3, -0.25) is 0 Å². The van der Waals surface area contributed by atoms with Gasteiger partial charge in [-0.05, 0) is 0 Å². The molecule has 0 aromatic carbocycles. The van der Waals surface area contributed by atoms with E-state index in [1.165, 1.54) is 0 Å². The van der Waals surface area contributed by atoms with E-state index in [0.29, 0.717) is 0 Å². The fraction of sp³-hybridized carbons (Fsp3) is 0.444. The van der Waals surface area contributed by atoms with Crippen LogP contribution in [0.1, 0.15) is 23.4 Å². The molecular formula is C9H4ClF8NO. The molecule has 0 spiro atoms. The van der Waals surface area contributed by atoms with Gasteiger partial charge in [-0.25, -0.2) is 13.8 Å². The molecule has 1 aromatic rings. The first-order chi connectivity index (χ1) is 8.95. The van der Waals surface area contributed by atoms with E-state index in [4.69, 9.17) is 11.6 Å². The summed E-state index contributed by atoms with van der Waals surface area (Å²) in [4.78, 5) is 2.60. The molecule has 1 heterocycles. The first-order valence-electron chi connectivity index (χ1n) is 4.66. The lowest BCUT2D eigenvalue weighted by Gasteiger charge is -2.17. The fourth-order valence-corrected chi connectivity index (χ4v) is 1.51. The lowest BCUT2D eigenvalue weighted by Crippen LogP contribution is -2.20. The van der Waals surface area contributed by atoms with Crippen LogP contribution in [0.3, 0.4) is 0 Å². The molecule has 0 aliphatic carbocycles. The van der Waals surface area contributed by atoms with Gasteiger partial charge < -0.3 is 4.74 Å². The topological polar surface area (TPSA) is 22.1 Å². The average Bonchev–Trinajstić information content (AvgIpc) is 2.24. The van der Waals surface area contributed by atoms with Crippen molar-refractivity contribution in [2.45, 2.75) is 24.8 Å². The van der Waals surface area contributed by atoms with Crippen molar-refractivity contribution in [1.82, 2.24) is 4.98 Å². The minimum atomic E-state index is -5.36. The van der Waals surface area contributed by atoms with Gasteiger partial charge in [-0.2, -0.15) is 13.2 Å². The zero-order chi connectivity index (χ0) is 15.7. The Kier molecular flexibility index (Phi) is 4.67. The SMILES string of the molecule is FC(F)c1nc(C(F)(F)F)cc(OC(F)(F)F)c1CCl. The number of hydrogen-bond acceptors (Lipinski definition) is 2. The molecule has 2 nitrogen and oxygen atoms in total. The number of ether oxygens (including phenoxy) is 1. The normalized spacial score (nSPS) is 12.9. The van der Waals surface area contributed by atoms with Crippen LogP contribution in [0.25, 0.3) is 0 Å². The van der Waals surface area contributed by atoms with Crippen molar-refractivity contribution >= 4 is 11.6 Å². The molecule has 0 aliphatic rings. The Balaban J connectivity index is 3.49. The molecule has 0 bridgehead atoms. The highest BCUT2D eigenvalue weighted by Crippen LogP contribution is 2.38. The van der Waals surface area contributed by atoms with E-state index < -0.39 is 47.5 Å². The second-order valence-electron chi connectivity index (χ2n) is 3.35. The largest absolute Gasteiger partial charge is 0.573 e. The fourth-order valence-electron chi connectivity index (χ4n) is 1.24. The van der Waals surface area contributed by atoms with E-state index in [-0.39, 0.29) is 6.07 Å². The first-order valence-corrected chi connectivity index (χ1v) is 5.20. The summed E-state index contributed by atoms with van der Waals surface area (Å²) in [5.74, 6) is -2.37. The number of halogens is 9. The minimum absolute atomic E-state index is 0.128. The summed E-state index contributed by atoms with van der Waals surface area (Å²) < 4.78 is 102. The van der Waals surface area contributed by atoms with Crippen LogP contribution in [0.15, 0.2) is 6.07 Å². The molecule has 0 fully saturated rings. The van der Waals surface area contributed by atoms with Crippen LogP contribution in [-0.4, -0.2) is 11.3 Å². The van der Waals surface area contributed by atoms with Gasteiger partial charge >= 0.3 is 12.5 Å². The zero-order valence-corrected chi connectivity index (χ0v) is 9.87. The van der Waals surface area contributed by atoms with Gasteiger partial charge in [0.2, 0.25) is 0 Å². The third-order valence-corrected chi connectivity index (χ3v) is 2.24. The average molecular weight is 330 g/mol. The van der Waals surface area contributed by atoms with E-state index in [2.05, 4.69) is 9.72 Å². The maximum absolute atomic E-state index is 12.6. The summed E-state index contributed by atoms with van der Waals surface area (Å²) in [6.07, 6.45) is -14.1. The highest BCUT2D eigenvalue weighted by Gasteiger charge is 2.38. The standard InChI is InChI=1S/C9H4ClF8NO/c10-2-3-4(20-9(16,17)18)1-5(8(13,14)15)19-6(3)7(11)12/h1,7H,2H2. The lowest BCUT2D eigenvalue weighted by molar-refractivity contribution is -0.275. The van der Waals surface area contributed by atoms with Crippen molar-refractivity contribution in [3.05, 3.63) is 23.0 Å². The lowest BCUT2D eigenvalue weighted by atomic mass is 10.1. The van der Waals surface area contributed by atoms with Crippen molar-refractivity contribution in [2.75, 3.05) is 0 Å². The number of pyridine rings is 1. The van der Waals surface area contributed by atoms with Crippen LogP contribution in [0.5, 0.6) is 5.75 Å². The third-order valence-electron chi connectivity index (χ3n) is 1.97. The Bertz CT molecular complexity index is 484. The van der Waals surface area contributed by atoms with Gasteiger partial charge in [0.25, 0.3) is 6.43 Å². The molecule has 1 aromatic heterocycles. The summed E-state index contributed by atoms with van der Waals surface area (Å²) in [7, 11) is 0. The van der Waals surface area contributed by atoms with Crippen LogP contribution >= 0.6 is 11.6 Å². The summed E-state index contributed by atoms with van der Waals surface area (Å²) >= 11 is 5.17. The molecule has 20 heavy (non-hydrogen) atoms. The number of alkyl halides is 9. The number of rotatable bonds is 3. The van der Waals surface area contributed by atoms with Crippen molar-refractivity contribution in [3.63, 3.8) is 0 Å². The molecule has 0 amide bonds. The maximum Gasteiger partial charge on any atom is 0.573 e. The monoisotopic (exact) mass is 329 g/mol. The van der Waals surface area contributed by atoms with Crippen LogP contribution in [0.4, 0.5) is 35.1 Å².